The molecule has 1 aromatic rings. The van der Waals surface area contributed by atoms with Gasteiger partial charge in [-0.25, -0.2) is 0 Å². The third-order valence-electron chi connectivity index (χ3n) is 4.17. The largest absolute Gasteiger partial charge is 0.374 e. The molecule has 20 heavy (non-hydrogen) atoms. The maximum atomic E-state index is 5.81. The summed E-state index contributed by atoms with van der Waals surface area (Å²) in [6.07, 6.45) is 0.311. The van der Waals surface area contributed by atoms with E-state index in [4.69, 9.17) is 4.74 Å². The zero-order valence-electron chi connectivity index (χ0n) is 13.3. The molecule has 0 saturated carbocycles. The fourth-order valence-corrected chi connectivity index (χ4v) is 2.85. The summed E-state index contributed by atoms with van der Waals surface area (Å²) in [5, 5.41) is 8.09. The molecule has 5 nitrogen and oxygen atoms in total. The van der Waals surface area contributed by atoms with Crippen molar-refractivity contribution in [3.63, 3.8) is 0 Å². The van der Waals surface area contributed by atoms with Crippen molar-refractivity contribution in [3.8, 4) is 0 Å². The normalized spacial score (nSPS) is 20.5. The van der Waals surface area contributed by atoms with E-state index in [1.165, 1.54) is 11.3 Å². The fourth-order valence-electron chi connectivity index (χ4n) is 2.85. The first-order valence-electron chi connectivity index (χ1n) is 7.73. The average molecular weight is 280 g/mol. The molecule has 0 radical (unpaired) electrons. The number of morpholine rings is 1. The number of likely N-dealkylation sites (N-methyl/N-ethyl adjacent to an activating group) is 1. The first-order valence-corrected chi connectivity index (χ1v) is 7.73. The molecule has 1 aromatic heterocycles. The lowest BCUT2D eigenvalue weighted by Crippen LogP contribution is -2.46. The predicted octanol–water partition coefficient (Wildman–Crippen LogP) is 1.33. The van der Waals surface area contributed by atoms with E-state index in [0.717, 1.165) is 51.6 Å². The van der Waals surface area contributed by atoms with Crippen molar-refractivity contribution < 1.29 is 4.74 Å². The number of hydrogen-bond donors (Lipinski definition) is 1. The lowest BCUT2D eigenvalue weighted by atomic mass is 10.2. The van der Waals surface area contributed by atoms with Crippen LogP contribution in [0.5, 0.6) is 0 Å². The van der Waals surface area contributed by atoms with Crippen LogP contribution in [0.2, 0.25) is 0 Å². The van der Waals surface area contributed by atoms with Crippen LogP contribution in [-0.2, 0) is 17.8 Å². The van der Waals surface area contributed by atoms with E-state index in [0.29, 0.717) is 6.10 Å². The van der Waals surface area contributed by atoms with Crippen LogP contribution in [0.25, 0.3) is 0 Å². The molecule has 2 heterocycles. The average Bonchev–Trinajstić information content (AvgIpc) is 2.74. The Labute approximate surface area is 122 Å². The number of ether oxygens (including phenoxy) is 1. The van der Waals surface area contributed by atoms with Crippen molar-refractivity contribution in [1.29, 1.82) is 0 Å². The molecule has 0 aliphatic carbocycles. The molecule has 0 bridgehead atoms. The van der Waals surface area contributed by atoms with Gasteiger partial charge in [0.05, 0.1) is 18.4 Å². The van der Waals surface area contributed by atoms with Crippen molar-refractivity contribution in [2.75, 3.05) is 32.8 Å². The Morgan fingerprint density at radius 1 is 1.30 bits per heavy atom. The van der Waals surface area contributed by atoms with E-state index < -0.39 is 0 Å². The maximum Gasteiger partial charge on any atom is 0.0826 e. The second kappa shape index (κ2) is 7.20. The maximum absolute atomic E-state index is 5.81. The molecule has 1 unspecified atom stereocenters. The minimum Gasteiger partial charge on any atom is -0.374 e. The van der Waals surface area contributed by atoms with Gasteiger partial charge in [-0.15, -0.1) is 0 Å². The Morgan fingerprint density at radius 2 is 2.10 bits per heavy atom. The molecule has 114 valence electrons. The Kier molecular flexibility index (Phi) is 5.57. The summed E-state index contributed by atoms with van der Waals surface area (Å²) >= 11 is 0. The van der Waals surface area contributed by atoms with E-state index in [-0.39, 0.29) is 0 Å². The van der Waals surface area contributed by atoms with Crippen LogP contribution in [0.3, 0.4) is 0 Å². The molecule has 1 saturated heterocycles. The van der Waals surface area contributed by atoms with Gasteiger partial charge < -0.3 is 10.1 Å². The molecular formula is C15H28N4O. The summed E-state index contributed by atoms with van der Waals surface area (Å²) in [5.74, 6) is 0. The van der Waals surface area contributed by atoms with Crippen LogP contribution < -0.4 is 5.32 Å². The zero-order valence-corrected chi connectivity index (χ0v) is 13.3. The van der Waals surface area contributed by atoms with Crippen LogP contribution in [0.1, 0.15) is 30.8 Å². The van der Waals surface area contributed by atoms with Crippen LogP contribution in [0.4, 0.5) is 0 Å². The van der Waals surface area contributed by atoms with E-state index in [9.17, 15) is 0 Å². The fraction of sp³-hybridized carbons (Fsp3) is 0.800. The first-order chi connectivity index (χ1) is 9.65. The van der Waals surface area contributed by atoms with Gasteiger partial charge in [0.25, 0.3) is 0 Å². The Hall–Kier alpha value is -0.910. The number of aryl methyl sites for hydroxylation is 2. The van der Waals surface area contributed by atoms with Crippen LogP contribution in [0.15, 0.2) is 0 Å². The molecule has 1 aliphatic heterocycles. The molecule has 1 N–H and O–H groups in total. The van der Waals surface area contributed by atoms with E-state index >= 15 is 0 Å². The number of aromatic nitrogens is 2. The number of rotatable bonds is 6. The first kappa shape index (κ1) is 15.5. The topological polar surface area (TPSA) is 42.3 Å². The summed E-state index contributed by atoms with van der Waals surface area (Å²) in [5.41, 5.74) is 3.74. The highest BCUT2D eigenvalue weighted by Gasteiger charge is 2.19. The van der Waals surface area contributed by atoms with Crippen molar-refractivity contribution in [1.82, 2.24) is 20.0 Å². The third-order valence-corrected chi connectivity index (χ3v) is 4.17. The van der Waals surface area contributed by atoms with Gasteiger partial charge >= 0.3 is 0 Å². The molecule has 0 spiro atoms. The predicted molar refractivity (Wildman–Crippen MR) is 80.9 cm³/mol. The molecular weight excluding hydrogens is 252 g/mol. The Balaban J connectivity index is 1.82. The molecule has 0 aromatic carbocycles. The van der Waals surface area contributed by atoms with Crippen molar-refractivity contribution >= 4 is 0 Å². The summed E-state index contributed by atoms with van der Waals surface area (Å²) < 4.78 is 7.88. The second-order valence-electron chi connectivity index (χ2n) is 5.48. The van der Waals surface area contributed by atoms with Gasteiger partial charge in [0.15, 0.2) is 0 Å². The minimum absolute atomic E-state index is 0.311. The van der Waals surface area contributed by atoms with Crippen molar-refractivity contribution in [3.05, 3.63) is 17.0 Å². The minimum atomic E-state index is 0.311. The van der Waals surface area contributed by atoms with Gasteiger partial charge in [-0.2, -0.15) is 5.10 Å². The van der Waals surface area contributed by atoms with Gasteiger partial charge in [0, 0.05) is 44.0 Å². The van der Waals surface area contributed by atoms with Crippen LogP contribution >= 0.6 is 0 Å². The van der Waals surface area contributed by atoms with Gasteiger partial charge in [-0.1, -0.05) is 6.92 Å². The quantitative estimate of drug-likeness (QED) is 0.854. The highest BCUT2D eigenvalue weighted by Crippen LogP contribution is 2.12. The van der Waals surface area contributed by atoms with Crippen LogP contribution in [0, 0.1) is 13.8 Å². The van der Waals surface area contributed by atoms with Crippen molar-refractivity contribution in [2.24, 2.45) is 0 Å². The van der Waals surface area contributed by atoms with Gasteiger partial charge in [0.2, 0.25) is 0 Å². The summed E-state index contributed by atoms with van der Waals surface area (Å²) in [6.45, 7) is 15.4. The van der Waals surface area contributed by atoms with E-state index in [2.05, 4.69) is 47.7 Å². The summed E-state index contributed by atoms with van der Waals surface area (Å²) in [7, 11) is 0. The molecule has 1 atom stereocenters. The smallest absolute Gasteiger partial charge is 0.0826 e. The Morgan fingerprint density at radius 3 is 2.75 bits per heavy atom. The highest BCUT2D eigenvalue weighted by molar-refractivity contribution is 5.24. The molecule has 0 amide bonds. The molecule has 2 rings (SSSR count). The number of nitrogens with one attached hydrogen (secondary N) is 1. The molecule has 5 heteroatoms. The third kappa shape index (κ3) is 3.59. The van der Waals surface area contributed by atoms with Gasteiger partial charge in [0.1, 0.15) is 0 Å². The lowest BCUT2D eigenvalue weighted by molar-refractivity contribution is -0.0253. The van der Waals surface area contributed by atoms with Crippen molar-refractivity contribution in [2.45, 2.75) is 46.9 Å². The lowest BCUT2D eigenvalue weighted by Gasteiger charge is -2.32. The summed E-state index contributed by atoms with van der Waals surface area (Å²) in [4.78, 5) is 2.45. The zero-order chi connectivity index (χ0) is 14.5. The SMILES string of the molecule is CCN1CCOC(CNCc2c(C)nn(CC)c2C)C1. The summed E-state index contributed by atoms with van der Waals surface area (Å²) in [6, 6.07) is 0. The Bertz CT molecular complexity index is 430. The standard InChI is InChI=1S/C15H28N4O/c1-5-18-7-8-20-14(11-18)9-16-10-15-12(3)17-19(6-2)13(15)4/h14,16H,5-11H2,1-4H3. The van der Waals surface area contributed by atoms with Gasteiger partial charge in [-0.05, 0) is 27.3 Å². The molecule has 1 aliphatic rings. The number of hydrogen-bond acceptors (Lipinski definition) is 4. The molecule has 1 fully saturated rings. The number of nitrogens with zero attached hydrogens (tertiary/aromatic N) is 3. The highest BCUT2D eigenvalue weighted by atomic mass is 16.5. The monoisotopic (exact) mass is 280 g/mol. The van der Waals surface area contributed by atoms with E-state index in [1.807, 2.05) is 0 Å². The van der Waals surface area contributed by atoms with Crippen LogP contribution in [-0.4, -0.2) is 53.6 Å². The van der Waals surface area contributed by atoms with E-state index in [1.54, 1.807) is 0 Å². The van der Waals surface area contributed by atoms with Gasteiger partial charge in [-0.3, -0.25) is 9.58 Å². The second-order valence-corrected chi connectivity index (χ2v) is 5.48.